The van der Waals surface area contributed by atoms with Gasteiger partial charge in [-0.05, 0) is 55.6 Å². The number of hydrogen-bond acceptors (Lipinski definition) is 6. The molecule has 2 aromatic heterocycles. The van der Waals surface area contributed by atoms with Gasteiger partial charge in [0.15, 0.2) is 5.82 Å². The third kappa shape index (κ3) is 2.69. The zero-order chi connectivity index (χ0) is 15.0. The maximum atomic E-state index is 5.65. The molecule has 1 aromatic carbocycles. The van der Waals surface area contributed by atoms with Gasteiger partial charge in [-0.15, -0.1) is 0 Å². The SMILES string of the molecule is NNc1nc(N)nc2ccc(-c3cc(Br)cnc3Br)cc12. The summed E-state index contributed by atoms with van der Waals surface area (Å²) in [6.45, 7) is 0. The first kappa shape index (κ1) is 14.2. The summed E-state index contributed by atoms with van der Waals surface area (Å²) in [5.41, 5.74) is 10.8. The topological polar surface area (TPSA) is 103 Å². The van der Waals surface area contributed by atoms with Crippen LogP contribution in [0.2, 0.25) is 0 Å². The molecule has 6 nitrogen and oxygen atoms in total. The number of nitrogen functional groups attached to an aromatic ring is 2. The molecule has 2 heterocycles. The minimum absolute atomic E-state index is 0.175. The van der Waals surface area contributed by atoms with Crippen molar-refractivity contribution in [3.8, 4) is 11.1 Å². The number of halogens is 2. The molecule has 3 rings (SSSR count). The van der Waals surface area contributed by atoms with E-state index >= 15 is 0 Å². The van der Waals surface area contributed by atoms with Gasteiger partial charge in [-0.25, -0.2) is 15.8 Å². The van der Waals surface area contributed by atoms with Crippen molar-refractivity contribution in [3.63, 3.8) is 0 Å². The van der Waals surface area contributed by atoms with Crippen molar-refractivity contribution in [1.82, 2.24) is 15.0 Å². The van der Waals surface area contributed by atoms with Crippen LogP contribution in [0.4, 0.5) is 11.8 Å². The minimum atomic E-state index is 0.175. The van der Waals surface area contributed by atoms with Crippen LogP contribution >= 0.6 is 31.9 Å². The van der Waals surface area contributed by atoms with E-state index in [2.05, 4.69) is 52.2 Å². The van der Waals surface area contributed by atoms with Crippen LogP contribution in [0, 0.1) is 0 Å². The number of hydrazine groups is 1. The third-order valence-corrected chi connectivity index (χ3v) is 4.03. The quantitative estimate of drug-likeness (QED) is 0.341. The molecule has 0 aliphatic rings. The molecule has 5 N–H and O–H groups in total. The summed E-state index contributed by atoms with van der Waals surface area (Å²) in [7, 11) is 0. The van der Waals surface area contributed by atoms with Crippen LogP contribution in [0.3, 0.4) is 0 Å². The Morgan fingerprint density at radius 2 is 1.90 bits per heavy atom. The van der Waals surface area contributed by atoms with Gasteiger partial charge in [0.1, 0.15) is 4.60 Å². The fourth-order valence-electron chi connectivity index (χ4n) is 2.05. The highest BCUT2D eigenvalue weighted by molar-refractivity contribution is 9.11. The van der Waals surface area contributed by atoms with Gasteiger partial charge in [-0.1, -0.05) is 6.07 Å². The lowest BCUT2D eigenvalue weighted by molar-refractivity contribution is 1.19. The van der Waals surface area contributed by atoms with E-state index in [1.54, 1.807) is 6.20 Å². The van der Waals surface area contributed by atoms with Crippen molar-refractivity contribution in [1.29, 1.82) is 0 Å². The Labute approximate surface area is 137 Å². The first-order valence-electron chi connectivity index (χ1n) is 5.94. The molecule has 21 heavy (non-hydrogen) atoms. The van der Waals surface area contributed by atoms with Gasteiger partial charge < -0.3 is 11.2 Å². The van der Waals surface area contributed by atoms with Gasteiger partial charge in [0.2, 0.25) is 5.95 Å². The smallest absolute Gasteiger partial charge is 0.222 e. The second-order valence-electron chi connectivity index (χ2n) is 4.30. The summed E-state index contributed by atoms with van der Waals surface area (Å²) in [4.78, 5) is 12.6. The van der Waals surface area contributed by atoms with Crippen molar-refractivity contribution in [2.45, 2.75) is 0 Å². The van der Waals surface area contributed by atoms with Crippen LogP contribution in [0.1, 0.15) is 0 Å². The van der Waals surface area contributed by atoms with E-state index in [1.807, 2.05) is 24.3 Å². The molecule has 0 saturated carbocycles. The Morgan fingerprint density at radius 3 is 2.67 bits per heavy atom. The van der Waals surface area contributed by atoms with Crippen molar-refractivity contribution < 1.29 is 0 Å². The molecular formula is C13H10Br2N6. The predicted molar refractivity (Wildman–Crippen MR) is 90.4 cm³/mol. The van der Waals surface area contributed by atoms with Gasteiger partial charge in [0.25, 0.3) is 0 Å². The Hall–Kier alpha value is -1.77. The molecule has 0 atom stereocenters. The number of nitrogens with two attached hydrogens (primary N) is 2. The summed E-state index contributed by atoms with van der Waals surface area (Å²) < 4.78 is 1.65. The second-order valence-corrected chi connectivity index (χ2v) is 5.97. The molecule has 0 fully saturated rings. The fourth-order valence-corrected chi connectivity index (χ4v) is 2.83. The van der Waals surface area contributed by atoms with Crippen molar-refractivity contribution in [3.05, 3.63) is 39.5 Å². The lowest BCUT2D eigenvalue weighted by Crippen LogP contribution is -2.11. The number of nitrogens with one attached hydrogen (secondary N) is 1. The number of rotatable bonds is 2. The number of benzene rings is 1. The minimum Gasteiger partial charge on any atom is -0.368 e. The third-order valence-electron chi connectivity index (χ3n) is 2.97. The number of pyridine rings is 1. The van der Waals surface area contributed by atoms with Crippen LogP contribution in [0.5, 0.6) is 0 Å². The number of nitrogens with zero attached hydrogens (tertiary/aromatic N) is 3. The Kier molecular flexibility index (Phi) is 3.75. The van der Waals surface area contributed by atoms with E-state index < -0.39 is 0 Å². The van der Waals surface area contributed by atoms with E-state index in [9.17, 15) is 0 Å². The van der Waals surface area contributed by atoms with Crippen LogP contribution in [0.25, 0.3) is 22.0 Å². The largest absolute Gasteiger partial charge is 0.368 e. The molecule has 8 heteroatoms. The average molecular weight is 410 g/mol. The van der Waals surface area contributed by atoms with Crippen LogP contribution < -0.4 is 17.0 Å². The molecule has 0 bridgehead atoms. The van der Waals surface area contributed by atoms with E-state index in [4.69, 9.17) is 11.6 Å². The molecule has 0 aliphatic carbocycles. The molecule has 0 aliphatic heterocycles. The first-order chi connectivity index (χ1) is 10.1. The zero-order valence-electron chi connectivity index (χ0n) is 10.6. The number of fused-ring (bicyclic) bond motifs is 1. The van der Waals surface area contributed by atoms with Gasteiger partial charge in [-0.2, -0.15) is 4.98 Å². The summed E-state index contributed by atoms with van der Waals surface area (Å²) in [5.74, 6) is 6.16. The number of aromatic nitrogens is 3. The van der Waals surface area contributed by atoms with Gasteiger partial charge >= 0.3 is 0 Å². The Bertz CT molecular complexity index is 836. The zero-order valence-corrected chi connectivity index (χ0v) is 13.8. The standard InChI is InChI=1S/C13H10Br2N6/c14-7-4-8(11(15)18-5-7)6-1-2-10-9(3-6)12(21-17)20-13(16)19-10/h1-5H,17H2,(H3,16,19,20,21). The van der Waals surface area contributed by atoms with E-state index in [-0.39, 0.29) is 5.95 Å². The van der Waals surface area contributed by atoms with Crippen LogP contribution in [-0.4, -0.2) is 15.0 Å². The molecule has 0 unspecified atom stereocenters. The highest BCUT2D eigenvalue weighted by Gasteiger charge is 2.10. The normalized spacial score (nSPS) is 10.8. The monoisotopic (exact) mass is 408 g/mol. The van der Waals surface area contributed by atoms with E-state index in [0.717, 1.165) is 31.1 Å². The van der Waals surface area contributed by atoms with Gasteiger partial charge in [-0.3, -0.25) is 0 Å². The van der Waals surface area contributed by atoms with Crippen LogP contribution in [0.15, 0.2) is 39.5 Å². The van der Waals surface area contributed by atoms with Gasteiger partial charge in [0, 0.05) is 21.6 Å². The van der Waals surface area contributed by atoms with Crippen LogP contribution in [-0.2, 0) is 0 Å². The number of anilines is 2. The molecule has 0 amide bonds. The molecule has 0 spiro atoms. The summed E-state index contributed by atoms with van der Waals surface area (Å²) >= 11 is 6.88. The maximum Gasteiger partial charge on any atom is 0.222 e. The molecular weight excluding hydrogens is 400 g/mol. The summed E-state index contributed by atoms with van der Waals surface area (Å²) in [6, 6.07) is 7.74. The number of hydrogen-bond donors (Lipinski definition) is 3. The summed E-state index contributed by atoms with van der Waals surface area (Å²) in [6.07, 6.45) is 1.73. The lowest BCUT2D eigenvalue weighted by Gasteiger charge is -2.09. The highest BCUT2D eigenvalue weighted by atomic mass is 79.9. The molecule has 0 saturated heterocycles. The fraction of sp³-hybridized carbons (Fsp3) is 0. The predicted octanol–water partition coefficient (Wildman–Crippen LogP) is 3.08. The summed E-state index contributed by atoms with van der Waals surface area (Å²) in [5, 5.41) is 0.788. The van der Waals surface area contributed by atoms with Crippen molar-refractivity contribution in [2.24, 2.45) is 5.84 Å². The molecule has 0 radical (unpaired) electrons. The average Bonchev–Trinajstić information content (AvgIpc) is 2.48. The van der Waals surface area contributed by atoms with Gasteiger partial charge in [0.05, 0.1) is 5.52 Å². The van der Waals surface area contributed by atoms with Crippen molar-refractivity contribution >= 4 is 54.5 Å². The maximum absolute atomic E-state index is 5.65. The Morgan fingerprint density at radius 1 is 1.10 bits per heavy atom. The molecule has 3 aromatic rings. The Balaban J connectivity index is 2.25. The first-order valence-corrected chi connectivity index (χ1v) is 7.52. The molecule has 106 valence electrons. The van der Waals surface area contributed by atoms with Crippen molar-refractivity contribution in [2.75, 3.05) is 11.2 Å². The van der Waals surface area contributed by atoms with E-state index in [0.29, 0.717) is 5.82 Å². The highest BCUT2D eigenvalue weighted by Crippen LogP contribution is 2.32. The van der Waals surface area contributed by atoms with E-state index in [1.165, 1.54) is 0 Å². The second kappa shape index (κ2) is 5.55. The lowest BCUT2D eigenvalue weighted by atomic mass is 10.1.